The van der Waals surface area contributed by atoms with E-state index in [0.29, 0.717) is 0 Å². The molecule has 27 heavy (non-hydrogen) atoms. The Morgan fingerprint density at radius 2 is 1.37 bits per heavy atom. The Morgan fingerprint density at radius 1 is 0.741 bits per heavy atom. The van der Waals surface area contributed by atoms with Gasteiger partial charge in [0.2, 0.25) is 5.95 Å². The molecule has 5 heteroatoms. The highest BCUT2D eigenvalue weighted by Gasteiger charge is 2.22. The van der Waals surface area contributed by atoms with Crippen LogP contribution >= 0.6 is 0 Å². The first-order valence-corrected chi connectivity index (χ1v) is 10.4. The van der Waals surface area contributed by atoms with Crippen LogP contribution in [0.2, 0.25) is 0 Å². The summed E-state index contributed by atoms with van der Waals surface area (Å²) in [5.74, 6) is 1.73. The van der Waals surface area contributed by atoms with Gasteiger partial charge in [-0.3, -0.25) is 4.90 Å². The van der Waals surface area contributed by atoms with E-state index in [9.17, 15) is 0 Å². The Balaban J connectivity index is 1.14. The van der Waals surface area contributed by atoms with Crippen LogP contribution in [0.25, 0.3) is 0 Å². The Kier molecular flexibility index (Phi) is 6.32. The van der Waals surface area contributed by atoms with Gasteiger partial charge in [0.25, 0.3) is 0 Å². The van der Waals surface area contributed by atoms with Crippen LogP contribution in [0.3, 0.4) is 0 Å². The highest BCUT2D eigenvalue weighted by atomic mass is 15.3. The summed E-state index contributed by atoms with van der Waals surface area (Å²) in [4.78, 5) is 16.3. The molecule has 4 rings (SSSR count). The second-order valence-corrected chi connectivity index (χ2v) is 7.85. The maximum Gasteiger partial charge on any atom is 0.225 e. The van der Waals surface area contributed by atoms with Crippen LogP contribution in [0.1, 0.15) is 18.4 Å². The summed E-state index contributed by atoms with van der Waals surface area (Å²) in [6.45, 7) is 9.20. The molecule has 0 saturated carbocycles. The molecule has 0 atom stereocenters. The number of anilines is 1. The highest BCUT2D eigenvalue weighted by Crippen LogP contribution is 2.21. The summed E-state index contributed by atoms with van der Waals surface area (Å²) in [5, 5.41) is 0. The minimum Gasteiger partial charge on any atom is -0.338 e. The number of nitrogens with zero attached hydrogens (tertiary/aromatic N) is 5. The maximum atomic E-state index is 4.37. The molecule has 5 nitrogen and oxygen atoms in total. The lowest BCUT2D eigenvalue weighted by Crippen LogP contribution is -2.49. The van der Waals surface area contributed by atoms with Gasteiger partial charge >= 0.3 is 0 Å². The predicted molar refractivity (Wildman–Crippen MR) is 110 cm³/mol. The third kappa shape index (κ3) is 5.27. The van der Waals surface area contributed by atoms with Crippen LogP contribution in [0.15, 0.2) is 48.8 Å². The van der Waals surface area contributed by atoms with Gasteiger partial charge in [0.05, 0.1) is 0 Å². The molecule has 0 amide bonds. The van der Waals surface area contributed by atoms with Crippen molar-refractivity contribution in [2.75, 3.05) is 57.3 Å². The van der Waals surface area contributed by atoms with Gasteiger partial charge < -0.3 is 9.80 Å². The van der Waals surface area contributed by atoms with E-state index in [1.54, 1.807) is 0 Å². The van der Waals surface area contributed by atoms with Gasteiger partial charge in [-0.05, 0) is 49.9 Å². The van der Waals surface area contributed by atoms with Gasteiger partial charge in [-0.1, -0.05) is 30.3 Å². The smallest absolute Gasteiger partial charge is 0.225 e. The summed E-state index contributed by atoms with van der Waals surface area (Å²) >= 11 is 0. The van der Waals surface area contributed by atoms with Crippen LogP contribution < -0.4 is 4.90 Å². The molecule has 0 radical (unpaired) electrons. The number of hydrogen-bond donors (Lipinski definition) is 0. The first kappa shape index (κ1) is 18.4. The summed E-state index contributed by atoms with van der Waals surface area (Å²) in [6, 6.07) is 12.9. The number of piperazine rings is 1. The van der Waals surface area contributed by atoms with E-state index in [1.807, 2.05) is 18.5 Å². The van der Waals surface area contributed by atoms with Crippen LogP contribution in [0.4, 0.5) is 5.95 Å². The third-order valence-corrected chi connectivity index (χ3v) is 6.01. The van der Waals surface area contributed by atoms with E-state index < -0.39 is 0 Å². The number of hydrogen-bond acceptors (Lipinski definition) is 5. The van der Waals surface area contributed by atoms with Crippen molar-refractivity contribution in [1.82, 2.24) is 19.8 Å². The maximum absolute atomic E-state index is 4.37. The van der Waals surface area contributed by atoms with Gasteiger partial charge in [0.15, 0.2) is 0 Å². The minimum absolute atomic E-state index is 0.859. The van der Waals surface area contributed by atoms with Crippen molar-refractivity contribution < 1.29 is 0 Å². The fourth-order valence-corrected chi connectivity index (χ4v) is 4.27. The fourth-order valence-electron chi connectivity index (χ4n) is 4.27. The Labute approximate surface area is 163 Å². The van der Waals surface area contributed by atoms with Crippen LogP contribution in [0, 0.1) is 5.92 Å². The van der Waals surface area contributed by atoms with Crippen molar-refractivity contribution in [2.24, 2.45) is 5.92 Å². The molecule has 1 aromatic carbocycles. The SMILES string of the molecule is c1ccc(CC2CCN(CCN3CCN(c4ncccn4)CC3)CC2)cc1. The van der Waals surface area contributed by atoms with E-state index in [1.165, 1.54) is 51.0 Å². The summed E-state index contributed by atoms with van der Waals surface area (Å²) in [7, 11) is 0. The van der Waals surface area contributed by atoms with Gasteiger partial charge in [-0.25, -0.2) is 9.97 Å². The normalized spacial score (nSPS) is 20.1. The molecule has 0 aliphatic carbocycles. The van der Waals surface area contributed by atoms with Crippen LogP contribution in [-0.4, -0.2) is 72.1 Å². The van der Waals surface area contributed by atoms with Gasteiger partial charge in [0, 0.05) is 51.7 Å². The van der Waals surface area contributed by atoms with Crippen molar-refractivity contribution in [3.05, 3.63) is 54.4 Å². The second-order valence-electron chi connectivity index (χ2n) is 7.85. The summed E-state index contributed by atoms with van der Waals surface area (Å²) in [5.41, 5.74) is 1.50. The van der Waals surface area contributed by atoms with Crippen molar-refractivity contribution in [3.8, 4) is 0 Å². The van der Waals surface area contributed by atoms with Gasteiger partial charge in [-0.2, -0.15) is 0 Å². The van der Waals surface area contributed by atoms with E-state index >= 15 is 0 Å². The molecular formula is C22H31N5. The van der Waals surface area contributed by atoms with Gasteiger partial charge in [0.1, 0.15) is 0 Å². The van der Waals surface area contributed by atoms with E-state index in [2.05, 4.69) is 55.0 Å². The molecule has 2 aliphatic heterocycles. The lowest BCUT2D eigenvalue weighted by molar-refractivity contribution is 0.152. The minimum atomic E-state index is 0.859. The van der Waals surface area contributed by atoms with E-state index in [0.717, 1.165) is 38.0 Å². The van der Waals surface area contributed by atoms with Crippen LogP contribution in [0.5, 0.6) is 0 Å². The van der Waals surface area contributed by atoms with Gasteiger partial charge in [-0.15, -0.1) is 0 Å². The molecule has 0 unspecified atom stereocenters. The third-order valence-electron chi connectivity index (χ3n) is 6.01. The molecule has 2 fully saturated rings. The van der Waals surface area contributed by atoms with Crippen LogP contribution in [-0.2, 0) is 6.42 Å². The van der Waals surface area contributed by atoms with E-state index in [-0.39, 0.29) is 0 Å². The molecule has 1 aromatic heterocycles. The van der Waals surface area contributed by atoms with Crippen molar-refractivity contribution in [1.29, 1.82) is 0 Å². The zero-order valence-corrected chi connectivity index (χ0v) is 16.2. The first-order valence-electron chi connectivity index (χ1n) is 10.4. The quantitative estimate of drug-likeness (QED) is 0.786. The van der Waals surface area contributed by atoms with Crippen molar-refractivity contribution in [3.63, 3.8) is 0 Å². The standard InChI is InChI=1S/C22H31N5/c1-2-5-20(6-3-1)19-21-7-11-25(12-8-21)13-14-26-15-17-27(18-16-26)22-23-9-4-10-24-22/h1-6,9-10,21H,7-8,11-19H2. The predicted octanol–water partition coefficient (Wildman–Crippen LogP) is 2.55. The summed E-state index contributed by atoms with van der Waals surface area (Å²) in [6.07, 6.45) is 7.59. The molecule has 2 saturated heterocycles. The Morgan fingerprint density at radius 3 is 2.04 bits per heavy atom. The average Bonchev–Trinajstić information content (AvgIpc) is 2.75. The topological polar surface area (TPSA) is 35.5 Å². The number of benzene rings is 1. The number of rotatable bonds is 6. The van der Waals surface area contributed by atoms with Crippen molar-refractivity contribution >= 4 is 5.95 Å². The second kappa shape index (κ2) is 9.29. The lowest BCUT2D eigenvalue weighted by Gasteiger charge is -2.37. The molecule has 144 valence electrons. The molecule has 0 bridgehead atoms. The molecule has 0 spiro atoms. The lowest BCUT2D eigenvalue weighted by atomic mass is 9.90. The molecule has 3 heterocycles. The number of piperidine rings is 1. The zero-order chi connectivity index (χ0) is 18.3. The molecule has 0 N–H and O–H groups in total. The summed E-state index contributed by atoms with van der Waals surface area (Å²) < 4.78 is 0. The number of aromatic nitrogens is 2. The zero-order valence-electron chi connectivity index (χ0n) is 16.2. The molecular weight excluding hydrogens is 334 g/mol. The largest absolute Gasteiger partial charge is 0.338 e. The monoisotopic (exact) mass is 365 g/mol. The molecule has 2 aromatic rings. The molecule has 2 aliphatic rings. The Hall–Kier alpha value is -1.98. The van der Waals surface area contributed by atoms with E-state index in [4.69, 9.17) is 0 Å². The highest BCUT2D eigenvalue weighted by molar-refractivity contribution is 5.29. The number of likely N-dealkylation sites (tertiary alicyclic amines) is 1. The van der Waals surface area contributed by atoms with Crippen molar-refractivity contribution in [2.45, 2.75) is 19.3 Å². The first-order chi connectivity index (χ1) is 13.4. The fraction of sp³-hybridized carbons (Fsp3) is 0.545. The Bertz CT molecular complexity index is 662. The average molecular weight is 366 g/mol.